The summed E-state index contributed by atoms with van der Waals surface area (Å²) in [5, 5.41) is 11.0. The van der Waals surface area contributed by atoms with Crippen molar-refractivity contribution >= 4 is 22.3 Å². The molecule has 0 amide bonds. The van der Waals surface area contributed by atoms with Crippen LogP contribution in [-0.2, 0) is 0 Å². The van der Waals surface area contributed by atoms with Gasteiger partial charge in [-0.3, -0.25) is 5.10 Å². The van der Waals surface area contributed by atoms with Crippen LogP contribution < -0.4 is 11.1 Å². The maximum absolute atomic E-state index is 5.62. The minimum Gasteiger partial charge on any atom is -0.397 e. The van der Waals surface area contributed by atoms with E-state index in [1.165, 1.54) is 0 Å². The Morgan fingerprint density at radius 1 is 1.57 bits per heavy atom. The molecule has 4 heteroatoms. The predicted molar refractivity (Wildman–Crippen MR) is 58.9 cm³/mol. The second kappa shape index (κ2) is 3.06. The molecule has 1 heterocycles. The summed E-state index contributed by atoms with van der Waals surface area (Å²) in [6, 6.07) is 5.93. The van der Waals surface area contributed by atoms with Crippen molar-refractivity contribution in [3.8, 4) is 0 Å². The zero-order valence-corrected chi connectivity index (χ0v) is 7.96. The first-order chi connectivity index (χ1) is 6.72. The van der Waals surface area contributed by atoms with Gasteiger partial charge in [0.25, 0.3) is 0 Å². The molecule has 0 unspecified atom stereocenters. The van der Waals surface area contributed by atoms with Gasteiger partial charge in [0.2, 0.25) is 0 Å². The number of nitrogens with zero attached hydrogens (tertiary/aromatic N) is 1. The van der Waals surface area contributed by atoms with E-state index in [1.54, 1.807) is 0 Å². The average Bonchev–Trinajstić information content (AvgIpc) is 2.59. The number of rotatable bonds is 2. The Morgan fingerprint density at radius 2 is 2.36 bits per heavy atom. The molecule has 2 aromatic rings. The number of aromatic nitrogens is 2. The summed E-state index contributed by atoms with van der Waals surface area (Å²) in [4.78, 5) is 0. The van der Waals surface area contributed by atoms with E-state index in [4.69, 9.17) is 5.73 Å². The normalized spacial score (nSPS) is 10.4. The summed E-state index contributed by atoms with van der Waals surface area (Å²) in [6.07, 6.45) is 0. The zero-order chi connectivity index (χ0) is 10.1. The molecule has 0 aliphatic rings. The molecule has 0 saturated carbocycles. The van der Waals surface area contributed by atoms with Crippen molar-refractivity contribution in [3.05, 3.63) is 30.5 Å². The fraction of sp³-hybridized carbons (Fsp3) is 0.100. The van der Waals surface area contributed by atoms with E-state index in [-0.39, 0.29) is 0 Å². The number of aromatic amines is 1. The molecule has 0 spiro atoms. The standard InChI is InChI=1S/C10H12N4/c1-6(11)10-8-5-7(12-2)3-4-9(8)13-14-10/h3-5,12H,1,11H2,2H3,(H,13,14). The summed E-state index contributed by atoms with van der Waals surface area (Å²) < 4.78 is 0. The molecule has 0 radical (unpaired) electrons. The van der Waals surface area contributed by atoms with Crippen molar-refractivity contribution in [2.75, 3.05) is 12.4 Å². The summed E-state index contributed by atoms with van der Waals surface area (Å²) in [5.41, 5.74) is 8.81. The number of H-pyrrole nitrogens is 1. The molecule has 0 atom stereocenters. The van der Waals surface area contributed by atoms with Crippen molar-refractivity contribution in [2.24, 2.45) is 5.73 Å². The molecule has 0 saturated heterocycles. The Morgan fingerprint density at radius 3 is 3.00 bits per heavy atom. The second-order valence-electron chi connectivity index (χ2n) is 3.11. The van der Waals surface area contributed by atoms with Gasteiger partial charge in [-0.1, -0.05) is 6.58 Å². The van der Waals surface area contributed by atoms with Crippen molar-refractivity contribution in [1.82, 2.24) is 10.2 Å². The zero-order valence-electron chi connectivity index (χ0n) is 7.96. The van der Waals surface area contributed by atoms with Crippen molar-refractivity contribution in [1.29, 1.82) is 0 Å². The van der Waals surface area contributed by atoms with Crippen LogP contribution in [0.4, 0.5) is 5.69 Å². The highest BCUT2D eigenvalue weighted by Gasteiger charge is 2.06. The van der Waals surface area contributed by atoms with E-state index in [1.807, 2.05) is 25.2 Å². The molecular weight excluding hydrogens is 176 g/mol. The molecule has 0 aliphatic carbocycles. The van der Waals surface area contributed by atoms with Crippen LogP contribution in [-0.4, -0.2) is 17.2 Å². The quantitative estimate of drug-likeness (QED) is 0.669. The highest BCUT2D eigenvalue weighted by atomic mass is 15.1. The first-order valence-electron chi connectivity index (χ1n) is 4.33. The lowest BCUT2D eigenvalue weighted by Gasteiger charge is -2.00. The molecule has 4 nitrogen and oxygen atoms in total. The van der Waals surface area contributed by atoms with E-state index < -0.39 is 0 Å². The number of hydrogen-bond donors (Lipinski definition) is 3. The van der Waals surface area contributed by atoms with Crippen LogP contribution in [0.15, 0.2) is 24.8 Å². The Bertz CT molecular complexity index is 484. The molecule has 0 aliphatic heterocycles. The summed E-state index contributed by atoms with van der Waals surface area (Å²) in [5.74, 6) is 0. The van der Waals surface area contributed by atoms with Crippen molar-refractivity contribution < 1.29 is 0 Å². The maximum atomic E-state index is 5.62. The van der Waals surface area contributed by atoms with Crippen LogP contribution in [0.3, 0.4) is 0 Å². The molecule has 72 valence electrons. The average molecular weight is 188 g/mol. The third kappa shape index (κ3) is 1.21. The first kappa shape index (κ1) is 8.62. The van der Waals surface area contributed by atoms with Gasteiger partial charge in [0, 0.05) is 18.1 Å². The van der Waals surface area contributed by atoms with Crippen LogP contribution >= 0.6 is 0 Å². The molecule has 1 aromatic carbocycles. The summed E-state index contributed by atoms with van der Waals surface area (Å²) in [7, 11) is 1.87. The number of benzene rings is 1. The highest BCUT2D eigenvalue weighted by Crippen LogP contribution is 2.22. The number of fused-ring (bicyclic) bond motifs is 1. The van der Waals surface area contributed by atoms with E-state index in [0.717, 1.165) is 22.3 Å². The van der Waals surface area contributed by atoms with Gasteiger partial charge < -0.3 is 11.1 Å². The summed E-state index contributed by atoms with van der Waals surface area (Å²) in [6.45, 7) is 3.68. The van der Waals surface area contributed by atoms with Gasteiger partial charge in [-0.25, -0.2) is 0 Å². The molecule has 0 bridgehead atoms. The second-order valence-corrected chi connectivity index (χ2v) is 3.11. The topological polar surface area (TPSA) is 66.7 Å². The van der Waals surface area contributed by atoms with Gasteiger partial charge in [-0.05, 0) is 18.2 Å². The Kier molecular flexibility index (Phi) is 1.89. The Labute approximate surface area is 81.8 Å². The number of anilines is 1. The molecule has 14 heavy (non-hydrogen) atoms. The van der Waals surface area contributed by atoms with Crippen LogP contribution in [0.25, 0.3) is 16.6 Å². The van der Waals surface area contributed by atoms with Crippen LogP contribution in [0, 0.1) is 0 Å². The molecular formula is C10H12N4. The van der Waals surface area contributed by atoms with Crippen molar-refractivity contribution in [3.63, 3.8) is 0 Å². The maximum Gasteiger partial charge on any atom is 0.115 e. The summed E-state index contributed by atoms with van der Waals surface area (Å²) >= 11 is 0. The van der Waals surface area contributed by atoms with E-state index in [9.17, 15) is 0 Å². The van der Waals surface area contributed by atoms with Gasteiger partial charge in [-0.2, -0.15) is 5.10 Å². The minimum absolute atomic E-state index is 0.476. The lowest BCUT2D eigenvalue weighted by molar-refractivity contribution is 1.09. The van der Waals surface area contributed by atoms with E-state index >= 15 is 0 Å². The third-order valence-electron chi connectivity index (χ3n) is 2.16. The van der Waals surface area contributed by atoms with E-state index in [2.05, 4.69) is 22.1 Å². The molecule has 2 rings (SSSR count). The lowest BCUT2D eigenvalue weighted by Crippen LogP contribution is -1.94. The van der Waals surface area contributed by atoms with Gasteiger partial charge in [-0.15, -0.1) is 0 Å². The number of nitrogens with two attached hydrogens (primary N) is 1. The highest BCUT2D eigenvalue weighted by molar-refractivity contribution is 5.91. The Hall–Kier alpha value is -1.97. The number of nitrogens with one attached hydrogen (secondary N) is 2. The van der Waals surface area contributed by atoms with Crippen LogP contribution in [0.1, 0.15) is 5.69 Å². The van der Waals surface area contributed by atoms with Crippen LogP contribution in [0.5, 0.6) is 0 Å². The fourth-order valence-electron chi connectivity index (χ4n) is 1.41. The van der Waals surface area contributed by atoms with Gasteiger partial charge in [0.1, 0.15) is 5.69 Å². The smallest absolute Gasteiger partial charge is 0.115 e. The molecule has 1 aromatic heterocycles. The van der Waals surface area contributed by atoms with Gasteiger partial charge in [0.05, 0.1) is 11.2 Å². The predicted octanol–water partition coefficient (Wildman–Crippen LogP) is 1.53. The first-order valence-corrected chi connectivity index (χ1v) is 4.33. The minimum atomic E-state index is 0.476. The van der Waals surface area contributed by atoms with Crippen molar-refractivity contribution in [2.45, 2.75) is 0 Å². The van der Waals surface area contributed by atoms with Gasteiger partial charge in [0.15, 0.2) is 0 Å². The monoisotopic (exact) mass is 188 g/mol. The fourth-order valence-corrected chi connectivity index (χ4v) is 1.41. The Balaban J connectivity index is 2.69. The van der Waals surface area contributed by atoms with Crippen LogP contribution in [0.2, 0.25) is 0 Å². The number of hydrogen-bond acceptors (Lipinski definition) is 3. The molecule has 0 fully saturated rings. The third-order valence-corrected chi connectivity index (χ3v) is 2.16. The largest absolute Gasteiger partial charge is 0.397 e. The SMILES string of the molecule is C=C(N)c1n[nH]c2ccc(NC)cc12. The van der Waals surface area contributed by atoms with E-state index in [0.29, 0.717) is 5.70 Å². The van der Waals surface area contributed by atoms with Gasteiger partial charge >= 0.3 is 0 Å². The lowest BCUT2D eigenvalue weighted by atomic mass is 10.1. The molecule has 4 N–H and O–H groups in total.